The van der Waals surface area contributed by atoms with Crippen LogP contribution in [0, 0.1) is 0 Å². The maximum Gasteiger partial charge on any atom is 0.352 e. The summed E-state index contributed by atoms with van der Waals surface area (Å²) in [5.41, 5.74) is 2.53. The number of nitrogens with zero attached hydrogens (tertiary/aromatic N) is 2. The summed E-state index contributed by atoms with van der Waals surface area (Å²) in [5.74, 6) is 0.636. The molecule has 0 atom stereocenters. The minimum Gasteiger partial charge on any atom is -0.259 e. The third kappa shape index (κ3) is 2.14. The third-order valence-electron chi connectivity index (χ3n) is 3.94. The first-order valence-corrected chi connectivity index (χ1v) is 7.38. The van der Waals surface area contributed by atoms with E-state index in [1.807, 2.05) is 24.3 Å². The number of fused-ring (bicyclic) bond motifs is 1. The van der Waals surface area contributed by atoms with E-state index >= 15 is 0 Å². The van der Waals surface area contributed by atoms with Gasteiger partial charge >= 0.3 is 5.69 Å². The Bertz CT molecular complexity index is 897. The number of halogens is 1. The quantitative estimate of drug-likeness (QED) is 0.718. The first-order valence-electron chi connectivity index (χ1n) is 7.00. The van der Waals surface area contributed by atoms with E-state index in [1.54, 1.807) is 16.8 Å². The lowest BCUT2D eigenvalue weighted by Crippen LogP contribution is -2.21. The molecule has 4 rings (SSSR count). The van der Waals surface area contributed by atoms with Gasteiger partial charge in [-0.3, -0.25) is 4.57 Å². The molecule has 3 aromatic rings. The summed E-state index contributed by atoms with van der Waals surface area (Å²) in [5, 5.41) is 1.49. The Morgan fingerprint density at radius 1 is 1.14 bits per heavy atom. The van der Waals surface area contributed by atoms with Gasteiger partial charge in [-0.15, -0.1) is 0 Å². The standard InChI is InChI=1S/C17H13ClN2O/c18-14-3-1-2-4-15(14)20-16-9-12(11-5-6-11)7-8-13(16)10-19-17(20)21/h1-4,7-11H,5-6H2. The van der Waals surface area contributed by atoms with Crippen molar-refractivity contribution in [3.8, 4) is 5.69 Å². The largest absolute Gasteiger partial charge is 0.352 e. The van der Waals surface area contributed by atoms with Crippen molar-refractivity contribution >= 4 is 22.5 Å². The molecular formula is C17H13ClN2O. The lowest BCUT2D eigenvalue weighted by molar-refractivity contribution is 0.957. The van der Waals surface area contributed by atoms with Crippen molar-refractivity contribution in [3.63, 3.8) is 0 Å². The minimum atomic E-state index is -0.302. The smallest absolute Gasteiger partial charge is 0.259 e. The predicted molar refractivity (Wildman–Crippen MR) is 84.3 cm³/mol. The zero-order valence-electron chi connectivity index (χ0n) is 11.3. The Morgan fingerprint density at radius 2 is 1.95 bits per heavy atom. The molecule has 0 amide bonds. The maximum absolute atomic E-state index is 12.3. The minimum absolute atomic E-state index is 0.302. The summed E-state index contributed by atoms with van der Waals surface area (Å²) in [7, 11) is 0. The van der Waals surface area contributed by atoms with E-state index in [0.717, 1.165) is 10.9 Å². The fraction of sp³-hybridized carbons (Fsp3) is 0.176. The molecule has 1 heterocycles. The van der Waals surface area contributed by atoms with Crippen LogP contribution in [0.25, 0.3) is 16.6 Å². The van der Waals surface area contributed by atoms with Crippen LogP contribution in [-0.4, -0.2) is 9.55 Å². The van der Waals surface area contributed by atoms with E-state index in [2.05, 4.69) is 17.1 Å². The molecule has 104 valence electrons. The van der Waals surface area contributed by atoms with Crippen LogP contribution in [0.2, 0.25) is 5.02 Å². The first-order chi connectivity index (χ1) is 10.2. The summed E-state index contributed by atoms with van der Waals surface area (Å²) in [6.07, 6.45) is 4.08. The molecule has 1 fully saturated rings. The zero-order chi connectivity index (χ0) is 14.4. The average Bonchev–Trinajstić information content (AvgIpc) is 3.33. The van der Waals surface area contributed by atoms with Crippen molar-refractivity contribution in [1.29, 1.82) is 0 Å². The Hall–Kier alpha value is -2.13. The zero-order valence-corrected chi connectivity index (χ0v) is 12.0. The van der Waals surface area contributed by atoms with Crippen molar-refractivity contribution in [1.82, 2.24) is 9.55 Å². The van der Waals surface area contributed by atoms with E-state index < -0.39 is 0 Å². The normalized spacial score (nSPS) is 14.5. The predicted octanol–water partition coefficient (Wildman–Crippen LogP) is 3.92. The molecule has 1 aliphatic carbocycles. The average molecular weight is 297 g/mol. The Balaban J connectivity index is 2.06. The molecule has 3 nitrogen and oxygen atoms in total. The van der Waals surface area contributed by atoms with E-state index in [9.17, 15) is 4.79 Å². The Labute approximate surface area is 126 Å². The topological polar surface area (TPSA) is 34.9 Å². The highest BCUT2D eigenvalue weighted by molar-refractivity contribution is 6.32. The fourth-order valence-electron chi connectivity index (χ4n) is 2.69. The van der Waals surface area contributed by atoms with Crippen molar-refractivity contribution < 1.29 is 0 Å². The van der Waals surface area contributed by atoms with Crippen LogP contribution in [0.5, 0.6) is 0 Å². The molecule has 2 aromatic carbocycles. The van der Waals surface area contributed by atoms with Crippen molar-refractivity contribution in [2.75, 3.05) is 0 Å². The van der Waals surface area contributed by atoms with Crippen LogP contribution in [0.15, 0.2) is 53.5 Å². The van der Waals surface area contributed by atoms with E-state index in [0.29, 0.717) is 16.6 Å². The molecule has 1 aliphatic rings. The highest BCUT2D eigenvalue weighted by Crippen LogP contribution is 2.40. The fourth-order valence-corrected chi connectivity index (χ4v) is 2.91. The van der Waals surface area contributed by atoms with Crippen LogP contribution in [0.1, 0.15) is 24.3 Å². The number of benzene rings is 2. The molecule has 0 aliphatic heterocycles. The Kier molecular flexibility index (Phi) is 2.82. The highest BCUT2D eigenvalue weighted by atomic mass is 35.5. The molecule has 4 heteroatoms. The van der Waals surface area contributed by atoms with E-state index in [1.165, 1.54) is 18.4 Å². The van der Waals surface area contributed by atoms with Gasteiger partial charge in [0.15, 0.2) is 0 Å². The summed E-state index contributed by atoms with van der Waals surface area (Å²) in [4.78, 5) is 16.2. The summed E-state index contributed by atoms with van der Waals surface area (Å²) in [6, 6.07) is 13.6. The van der Waals surface area contributed by atoms with Crippen LogP contribution in [0.3, 0.4) is 0 Å². The monoisotopic (exact) mass is 296 g/mol. The number of aromatic nitrogens is 2. The molecule has 1 aromatic heterocycles. The molecule has 0 radical (unpaired) electrons. The SMILES string of the molecule is O=c1ncc2ccc(C3CC3)cc2n1-c1ccccc1Cl. The van der Waals surface area contributed by atoms with Crippen molar-refractivity contribution in [3.05, 3.63) is 69.7 Å². The van der Waals surface area contributed by atoms with Gasteiger partial charge in [0.05, 0.1) is 16.2 Å². The van der Waals surface area contributed by atoms with Crippen LogP contribution in [-0.2, 0) is 0 Å². The number of hydrogen-bond acceptors (Lipinski definition) is 2. The van der Waals surface area contributed by atoms with Gasteiger partial charge in [0.2, 0.25) is 0 Å². The van der Waals surface area contributed by atoms with Crippen LogP contribution >= 0.6 is 11.6 Å². The Morgan fingerprint density at radius 3 is 2.71 bits per heavy atom. The highest BCUT2D eigenvalue weighted by Gasteiger charge is 2.24. The van der Waals surface area contributed by atoms with Gasteiger partial charge in [0, 0.05) is 11.6 Å². The van der Waals surface area contributed by atoms with Gasteiger partial charge < -0.3 is 0 Å². The molecular weight excluding hydrogens is 284 g/mol. The van der Waals surface area contributed by atoms with Gasteiger partial charge in [-0.1, -0.05) is 35.9 Å². The number of hydrogen-bond donors (Lipinski definition) is 0. The van der Waals surface area contributed by atoms with Crippen molar-refractivity contribution in [2.45, 2.75) is 18.8 Å². The van der Waals surface area contributed by atoms with E-state index in [4.69, 9.17) is 11.6 Å². The van der Waals surface area contributed by atoms with Gasteiger partial charge in [0.25, 0.3) is 0 Å². The second-order valence-electron chi connectivity index (χ2n) is 5.42. The van der Waals surface area contributed by atoms with Gasteiger partial charge in [-0.05, 0) is 42.5 Å². The van der Waals surface area contributed by atoms with E-state index in [-0.39, 0.29) is 5.69 Å². The molecule has 0 unspecified atom stereocenters. The maximum atomic E-state index is 12.3. The molecule has 0 bridgehead atoms. The van der Waals surface area contributed by atoms with Crippen LogP contribution < -0.4 is 5.69 Å². The molecule has 0 saturated heterocycles. The molecule has 21 heavy (non-hydrogen) atoms. The third-order valence-corrected chi connectivity index (χ3v) is 4.26. The van der Waals surface area contributed by atoms with Gasteiger partial charge in [-0.25, -0.2) is 9.78 Å². The lowest BCUT2D eigenvalue weighted by Gasteiger charge is -2.12. The molecule has 0 spiro atoms. The lowest BCUT2D eigenvalue weighted by atomic mass is 10.1. The number of para-hydroxylation sites is 1. The molecule has 1 saturated carbocycles. The second kappa shape index (κ2) is 4.71. The summed E-state index contributed by atoms with van der Waals surface area (Å²) in [6.45, 7) is 0. The second-order valence-corrected chi connectivity index (χ2v) is 5.83. The molecule has 0 N–H and O–H groups in total. The number of rotatable bonds is 2. The van der Waals surface area contributed by atoms with Crippen LogP contribution in [0.4, 0.5) is 0 Å². The van der Waals surface area contributed by atoms with Gasteiger partial charge in [0.1, 0.15) is 0 Å². The summed E-state index contributed by atoms with van der Waals surface area (Å²) < 4.78 is 1.60. The summed E-state index contributed by atoms with van der Waals surface area (Å²) >= 11 is 6.26. The van der Waals surface area contributed by atoms with Gasteiger partial charge in [-0.2, -0.15) is 0 Å². The van der Waals surface area contributed by atoms with Crippen molar-refractivity contribution in [2.24, 2.45) is 0 Å². The first kappa shape index (κ1) is 12.6.